The lowest BCUT2D eigenvalue weighted by molar-refractivity contribution is 0.847. The van der Waals surface area contributed by atoms with E-state index in [1.807, 2.05) is 32.0 Å². The summed E-state index contributed by atoms with van der Waals surface area (Å²) < 4.78 is 0. The first-order valence-corrected chi connectivity index (χ1v) is 6.70. The summed E-state index contributed by atoms with van der Waals surface area (Å²) in [6.07, 6.45) is 2.12. The molecule has 0 aliphatic rings. The van der Waals surface area contributed by atoms with Crippen molar-refractivity contribution in [1.82, 2.24) is 9.97 Å². The molecule has 90 valence electrons. The van der Waals surface area contributed by atoms with Crippen LogP contribution in [0.15, 0.2) is 23.6 Å². The van der Waals surface area contributed by atoms with Crippen LogP contribution < -0.4 is 5.32 Å². The second kappa shape index (κ2) is 5.77. The van der Waals surface area contributed by atoms with Crippen LogP contribution in [0.25, 0.3) is 0 Å². The zero-order chi connectivity index (χ0) is 12.1. The minimum absolute atomic E-state index is 0.940. The highest BCUT2D eigenvalue weighted by molar-refractivity contribution is 7.09. The normalized spacial score (nSPS) is 10.5. The van der Waals surface area contributed by atoms with Gasteiger partial charge in [-0.25, -0.2) is 9.97 Å². The van der Waals surface area contributed by atoms with Gasteiger partial charge in [-0.15, -0.1) is 11.3 Å². The number of aryl methyl sites for hydroxylation is 3. The second-order valence-electron chi connectivity index (χ2n) is 4.08. The quantitative estimate of drug-likeness (QED) is 0.824. The lowest BCUT2D eigenvalue weighted by Crippen LogP contribution is -2.04. The summed E-state index contributed by atoms with van der Waals surface area (Å²) >= 11 is 1.74. The molecule has 0 spiro atoms. The number of nitrogens with one attached hydrogen (secondary N) is 1. The molecular weight excluding hydrogens is 230 g/mol. The van der Waals surface area contributed by atoms with Gasteiger partial charge in [-0.3, -0.25) is 0 Å². The van der Waals surface area contributed by atoms with Crippen LogP contribution in [-0.4, -0.2) is 16.5 Å². The third kappa shape index (κ3) is 3.82. The first kappa shape index (κ1) is 12.0. The Hall–Kier alpha value is -1.42. The minimum atomic E-state index is 0.940. The highest BCUT2D eigenvalue weighted by atomic mass is 32.1. The van der Waals surface area contributed by atoms with E-state index >= 15 is 0 Å². The number of nitrogens with zero attached hydrogens (tertiary/aromatic N) is 2. The van der Waals surface area contributed by atoms with E-state index < -0.39 is 0 Å². The molecule has 0 atom stereocenters. The Kier molecular flexibility index (Phi) is 4.09. The van der Waals surface area contributed by atoms with Gasteiger partial charge in [0.25, 0.3) is 0 Å². The first-order chi connectivity index (χ1) is 8.24. The van der Waals surface area contributed by atoms with Crippen molar-refractivity contribution in [3.05, 3.63) is 40.0 Å². The molecule has 1 N–H and O–H groups in total. The van der Waals surface area contributed by atoms with Crippen molar-refractivity contribution < 1.29 is 0 Å². The zero-order valence-corrected chi connectivity index (χ0v) is 11.0. The van der Waals surface area contributed by atoms with Gasteiger partial charge in [0.05, 0.1) is 5.01 Å². The van der Waals surface area contributed by atoms with Crippen LogP contribution in [0.5, 0.6) is 0 Å². The van der Waals surface area contributed by atoms with Gasteiger partial charge in [0.2, 0.25) is 0 Å². The maximum atomic E-state index is 4.44. The average molecular weight is 247 g/mol. The smallest absolute Gasteiger partial charge is 0.126 e. The monoisotopic (exact) mass is 247 g/mol. The van der Waals surface area contributed by atoms with E-state index in [0.29, 0.717) is 0 Å². The van der Waals surface area contributed by atoms with E-state index in [1.165, 1.54) is 5.01 Å². The van der Waals surface area contributed by atoms with E-state index in [-0.39, 0.29) is 0 Å². The van der Waals surface area contributed by atoms with Gasteiger partial charge < -0.3 is 5.32 Å². The van der Waals surface area contributed by atoms with Crippen molar-refractivity contribution in [3.8, 4) is 0 Å². The average Bonchev–Trinajstić information content (AvgIpc) is 2.71. The molecule has 0 saturated heterocycles. The Morgan fingerprint density at radius 1 is 1.18 bits per heavy atom. The third-order valence-electron chi connectivity index (χ3n) is 2.43. The Morgan fingerprint density at radius 3 is 2.76 bits per heavy atom. The summed E-state index contributed by atoms with van der Waals surface area (Å²) in [5.74, 6) is 0.959. The van der Waals surface area contributed by atoms with E-state index in [9.17, 15) is 0 Å². The molecule has 2 aromatic rings. The predicted molar refractivity (Wildman–Crippen MR) is 72.6 cm³/mol. The van der Waals surface area contributed by atoms with Gasteiger partial charge in [0, 0.05) is 29.7 Å². The number of hydrogen-bond donors (Lipinski definition) is 1. The number of hydrogen-bond acceptors (Lipinski definition) is 4. The molecule has 0 saturated carbocycles. The SMILES string of the molecule is Cc1cccc(NCCCc2nc(C)cs2)n1. The number of thiazole rings is 1. The van der Waals surface area contributed by atoms with Gasteiger partial charge in [-0.1, -0.05) is 6.07 Å². The van der Waals surface area contributed by atoms with Crippen LogP contribution in [0.2, 0.25) is 0 Å². The first-order valence-electron chi connectivity index (χ1n) is 5.82. The molecule has 2 rings (SSSR count). The van der Waals surface area contributed by atoms with Crippen molar-refractivity contribution in [2.45, 2.75) is 26.7 Å². The lowest BCUT2D eigenvalue weighted by Gasteiger charge is -2.04. The molecule has 0 unspecified atom stereocenters. The lowest BCUT2D eigenvalue weighted by atomic mass is 10.3. The fraction of sp³-hybridized carbons (Fsp3) is 0.385. The molecule has 2 heterocycles. The summed E-state index contributed by atoms with van der Waals surface area (Å²) in [6, 6.07) is 6.03. The van der Waals surface area contributed by atoms with E-state index in [4.69, 9.17) is 0 Å². The fourth-order valence-electron chi connectivity index (χ4n) is 1.62. The van der Waals surface area contributed by atoms with Crippen LogP contribution in [0, 0.1) is 13.8 Å². The number of aromatic nitrogens is 2. The maximum absolute atomic E-state index is 4.44. The highest BCUT2D eigenvalue weighted by Gasteiger charge is 1.98. The van der Waals surface area contributed by atoms with Gasteiger partial charge in [-0.2, -0.15) is 0 Å². The zero-order valence-electron chi connectivity index (χ0n) is 10.2. The van der Waals surface area contributed by atoms with Crippen molar-refractivity contribution >= 4 is 17.2 Å². The molecule has 0 aromatic carbocycles. The largest absolute Gasteiger partial charge is 0.370 e. The minimum Gasteiger partial charge on any atom is -0.370 e. The molecule has 2 aromatic heterocycles. The molecular formula is C13H17N3S. The molecule has 3 nitrogen and oxygen atoms in total. The molecule has 0 fully saturated rings. The molecule has 4 heteroatoms. The van der Waals surface area contributed by atoms with Crippen LogP contribution in [0.3, 0.4) is 0 Å². The predicted octanol–water partition coefficient (Wildman–Crippen LogP) is 3.20. The van der Waals surface area contributed by atoms with Crippen molar-refractivity contribution in [3.63, 3.8) is 0 Å². The van der Waals surface area contributed by atoms with Crippen molar-refractivity contribution in [2.75, 3.05) is 11.9 Å². The highest BCUT2D eigenvalue weighted by Crippen LogP contribution is 2.11. The maximum Gasteiger partial charge on any atom is 0.126 e. The molecule has 0 aliphatic heterocycles. The molecule has 0 aliphatic carbocycles. The molecule has 17 heavy (non-hydrogen) atoms. The number of rotatable bonds is 5. The van der Waals surface area contributed by atoms with Crippen molar-refractivity contribution in [2.24, 2.45) is 0 Å². The standard InChI is InChI=1S/C13H17N3S/c1-10-5-3-6-12(15-10)14-8-4-7-13-16-11(2)9-17-13/h3,5-6,9H,4,7-8H2,1-2H3,(H,14,15). The Morgan fingerprint density at radius 2 is 2.06 bits per heavy atom. The Balaban J connectivity index is 1.73. The number of anilines is 1. The van der Waals surface area contributed by atoms with Gasteiger partial charge in [0.15, 0.2) is 0 Å². The summed E-state index contributed by atoms with van der Waals surface area (Å²) in [6.45, 7) is 4.98. The van der Waals surface area contributed by atoms with Crippen LogP contribution in [0.1, 0.15) is 22.8 Å². The fourth-order valence-corrected chi connectivity index (χ4v) is 2.43. The summed E-state index contributed by atoms with van der Waals surface area (Å²) in [4.78, 5) is 8.84. The summed E-state index contributed by atoms with van der Waals surface area (Å²) in [5.41, 5.74) is 2.17. The van der Waals surface area contributed by atoms with E-state index in [0.717, 1.165) is 36.6 Å². The summed E-state index contributed by atoms with van der Waals surface area (Å²) in [5, 5.41) is 6.65. The number of pyridine rings is 1. The van der Waals surface area contributed by atoms with E-state index in [2.05, 4.69) is 20.7 Å². The summed E-state index contributed by atoms with van der Waals surface area (Å²) in [7, 11) is 0. The molecule has 0 amide bonds. The van der Waals surface area contributed by atoms with Gasteiger partial charge >= 0.3 is 0 Å². The molecule has 0 radical (unpaired) electrons. The van der Waals surface area contributed by atoms with Crippen LogP contribution in [0.4, 0.5) is 5.82 Å². The Bertz CT molecular complexity index is 479. The molecule has 0 bridgehead atoms. The van der Waals surface area contributed by atoms with Crippen molar-refractivity contribution in [1.29, 1.82) is 0 Å². The second-order valence-corrected chi connectivity index (χ2v) is 5.02. The van der Waals surface area contributed by atoms with Gasteiger partial charge in [0.1, 0.15) is 5.82 Å². The topological polar surface area (TPSA) is 37.8 Å². The van der Waals surface area contributed by atoms with Crippen LogP contribution >= 0.6 is 11.3 Å². The third-order valence-corrected chi connectivity index (χ3v) is 3.45. The Labute approximate surface area is 106 Å². The van der Waals surface area contributed by atoms with E-state index in [1.54, 1.807) is 11.3 Å². The van der Waals surface area contributed by atoms with Gasteiger partial charge in [-0.05, 0) is 32.4 Å². The van der Waals surface area contributed by atoms with Crippen LogP contribution in [-0.2, 0) is 6.42 Å².